The Hall–Kier alpha value is -1.35. The van der Waals surface area contributed by atoms with Gasteiger partial charge in [0.2, 0.25) is 0 Å². The maximum atomic E-state index is 6.16. The van der Waals surface area contributed by atoms with Crippen molar-refractivity contribution in [2.75, 3.05) is 37.6 Å². The van der Waals surface area contributed by atoms with Gasteiger partial charge < -0.3 is 15.5 Å². The van der Waals surface area contributed by atoms with Gasteiger partial charge in [-0.2, -0.15) is 0 Å². The summed E-state index contributed by atoms with van der Waals surface area (Å²) in [5, 5.41) is 3.13. The average Bonchev–Trinajstić information content (AvgIpc) is 3.20. The summed E-state index contributed by atoms with van der Waals surface area (Å²) in [5.74, 6) is 0.696. The summed E-state index contributed by atoms with van der Waals surface area (Å²) < 4.78 is 0. The van der Waals surface area contributed by atoms with Crippen molar-refractivity contribution in [2.24, 2.45) is 10.7 Å². The molecule has 142 valence electrons. The van der Waals surface area contributed by atoms with Crippen LogP contribution in [0.2, 0.25) is 0 Å². The van der Waals surface area contributed by atoms with Crippen molar-refractivity contribution in [3.05, 3.63) is 47.5 Å². The fourth-order valence-electron chi connectivity index (χ4n) is 3.05. The molecule has 1 aliphatic rings. The van der Waals surface area contributed by atoms with E-state index in [0.717, 1.165) is 50.7 Å². The molecule has 2 aromatic rings. The molecule has 0 spiro atoms. The molecule has 0 atom stereocenters. The van der Waals surface area contributed by atoms with Gasteiger partial charge in [-0.05, 0) is 24.8 Å². The van der Waals surface area contributed by atoms with Gasteiger partial charge in [-0.25, -0.2) is 4.98 Å². The fourth-order valence-corrected chi connectivity index (χ4v) is 3.75. The van der Waals surface area contributed by atoms with Crippen LogP contribution in [0.15, 0.2) is 46.9 Å². The molecular weight excluding hydrogens is 457 g/mol. The molecule has 1 fully saturated rings. The van der Waals surface area contributed by atoms with E-state index in [-0.39, 0.29) is 24.0 Å². The molecule has 26 heavy (non-hydrogen) atoms. The van der Waals surface area contributed by atoms with E-state index in [1.807, 2.05) is 11.6 Å². The zero-order valence-corrected chi connectivity index (χ0v) is 18.2. The zero-order valence-electron chi connectivity index (χ0n) is 15.1. The lowest BCUT2D eigenvalue weighted by atomic mass is 10.1. The van der Waals surface area contributed by atoms with Crippen molar-refractivity contribution in [3.63, 3.8) is 0 Å². The molecule has 1 aromatic carbocycles. The number of nitrogens with zero attached hydrogens (tertiary/aromatic N) is 4. The molecule has 7 heteroatoms. The predicted octanol–water partition coefficient (Wildman–Crippen LogP) is 3.61. The highest BCUT2D eigenvalue weighted by Crippen LogP contribution is 2.18. The Balaban J connectivity index is 0.00000243. The highest BCUT2D eigenvalue weighted by Gasteiger charge is 2.19. The number of nitrogens with two attached hydrogens (primary N) is 1. The second-order valence-electron chi connectivity index (χ2n) is 6.32. The van der Waals surface area contributed by atoms with Crippen LogP contribution in [0.3, 0.4) is 0 Å². The third-order valence-corrected chi connectivity index (χ3v) is 5.37. The smallest absolute Gasteiger partial charge is 0.191 e. The minimum absolute atomic E-state index is 0. The van der Waals surface area contributed by atoms with Gasteiger partial charge in [0.1, 0.15) is 0 Å². The van der Waals surface area contributed by atoms with Crippen molar-refractivity contribution in [2.45, 2.75) is 25.7 Å². The summed E-state index contributed by atoms with van der Waals surface area (Å²) >= 11 is 1.69. The first kappa shape index (κ1) is 21.0. The summed E-state index contributed by atoms with van der Waals surface area (Å²) in [7, 11) is 0. The lowest BCUT2D eigenvalue weighted by Crippen LogP contribution is -2.51. The van der Waals surface area contributed by atoms with E-state index in [0.29, 0.717) is 5.96 Å². The lowest BCUT2D eigenvalue weighted by molar-refractivity contribution is 0.380. The fraction of sp³-hybridized carbons (Fsp3) is 0.474. The molecule has 1 aliphatic heterocycles. The van der Waals surface area contributed by atoms with E-state index >= 15 is 0 Å². The van der Waals surface area contributed by atoms with Gasteiger partial charge in [0.15, 0.2) is 11.1 Å². The SMILES string of the molecule is I.NC(=NCCCCCc1ccccc1)N1CCN(c2nccs2)CC1. The van der Waals surface area contributed by atoms with E-state index < -0.39 is 0 Å². The number of aromatic nitrogens is 1. The summed E-state index contributed by atoms with van der Waals surface area (Å²) in [6.45, 7) is 4.58. The Kier molecular flexibility index (Phi) is 9.17. The molecule has 0 aliphatic carbocycles. The van der Waals surface area contributed by atoms with Gasteiger partial charge >= 0.3 is 0 Å². The van der Waals surface area contributed by atoms with E-state index in [2.05, 4.69) is 50.1 Å². The third kappa shape index (κ3) is 6.42. The normalized spacial score (nSPS) is 15.0. The van der Waals surface area contributed by atoms with Crippen LogP contribution in [-0.4, -0.2) is 48.6 Å². The molecule has 0 amide bonds. The van der Waals surface area contributed by atoms with Crippen LogP contribution in [0.1, 0.15) is 24.8 Å². The maximum absolute atomic E-state index is 6.16. The number of unbranched alkanes of at least 4 members (excludes halogenated alkanes) is 2. The van der Waals surface area contributed by atoms with E-state index in [1.165, 1.54) is 18.4 Å². The van der Waals surface area contributed by atoms with Crippen molar-refractivity contribution in [1.82, 2.24) is 9.88 Å². The second kappa shape index (κ2) is 11.4. The standard InChI is InChI=1S/C19H27N5S.HI/c20-18(21-10-6-2-5-9-17-7-3-1-4-8-17)23-12-14-24(15-13-23)19-22-11-16-25-19;/h1,3-4,7-8,11,16H,2,5-6,9-10,12-15H2,(H2,20,21);1H. The monoisotopic (exact) mass is 485 g/mol. The second-order valence-corrected chi connectivity index (χ2v) is 7.20. The van der Waals surface area contributed by atoms with Crippen molar-refractivity contribution >= 4 is 46.4 Å². The number of thiazole rings is 1. The minimum Gasteiger partial charge on any atom is -0.370 e. The van der Waals surface area contributed by atoms with Gasteiger partial charge in [0, 0.05) is 44.3 Å². The number of aryl methyl sites for hydroxylation is 1. The number of rotatable bonds is 7. The molecule has 2 heterocycles. The predicted molar refractivity (Wildman–Crippen MR) is 122 cm³/mol. The van der Waals surface area contributed by atoms with E-state index in [9.17, 15) is 0 Å². The molecule has 1 aromatic heterocycles. The van der Waals surface area contributed by atoms with Gasteiger partial charge in [0.05, 0.1) is 0 Å². The Morgan fingerprint density at radius 1 is 1.08 bits per heavy atom. The first-order chi connectivity index (χ1) is 12.3. The Bertz CT molecular complexity index is 639. The first-order valence-electron chi connectivity index (χ1n) is 9.06. The van der Waals surface area contributed by atoms with Crippen molar-refractivity contribution < 1.29 is 0 Å². The molecule has 5 nitrogen and oxygen atoms in total. The molecule has 2 N–H and O–H groups in total. The molecule has 0 unspecified atom stereocenters. The maximum Gasteiger partial charge on any atom is 0.191 e. The quantitative estimate of drug-likeness (QED) is 0.282. The Labute approximate surface area is 177 Å². The van der Waals surface area contributed by atoms with E-state index in [4.69, 9.17) is 5.73 Å². The summed E-state index contributed by atoms with van der Waals surface area (Å²) in [5.41, 5.74) is 7.58. The van der Waals surface area contributed by atoms with Crippen LogP contribution in [0.4, 0.5) is 5.13 Å². The number of halogens is 1. The lowest BCUT2D eigenvalue weighted by Gasteiger charge is -2.35. The van der Waals surface area contributed by atoms with Crippen LogP contribution in [0, 0.1) is 0 Å². The van der Waals surface area contributed by atoms with Crippen LogP contribution in [0.5, 0.6) is 0 Å². The highest BCUT2D eigenvalue weighted by molar-refractivity contribution is 14.0. The molecular formula is C19H28IN5S. The third-order valence-electron chi connectivity index (χ3n) is 4.53. The van der Waals surface area contributed by atoms with Crippen molar-refractivity contribution in [3.8, 4) is 0 Å². The van der Waals surface area contributed by atoms with Crippen molar-refractivity contribution in [1.29, 1.82) is 0 Å². The first-order valence-corrected chi connectivity index (χ1v) is 9.94. The molecule has 0 bridgehead atoms. The molecule has 3 rings (SSSR count). The van der Waals surface area contributed by atoms with E-state index in [1.54, 1.807) is 11.3 Å². The summed E-state index contributed by atoms with van der Waals surface area (Å²) in [6, 6.07) is 10.7. The van der Waals surface area contributed by atoms with Crippen LogP contribution in [-0.2, 0) is 6.42 Å². The number of benzene rings is 1. The topological polar surface area (TPSA) is 57.8 Å². The number of guanidine groups is 1. The minimum atomic E-state index is 0. The molecule has 1 saturated heterocycles. The molecule has 0 saturated carbocycles. The largest absolute Gasteiger partial charge is 0.370 e. The number of piperazine rings is 1. The van der Waals surface area contributed by atoms with Crippen LogP contribution in [0.25, 0.3) is 0 Å². The van der Waals surface area contributed by atoms with Gasteiger partial charge in [-0.15, -0.1) is 35.3 Å². The van der Waals surface area contributed by atoms with Gasteiger partial charge in [-0.3, -0.25) is 4.99 Å². The highest BCUT2D eigenvalue weighted by atomic mass is 127. The van der Waals surface area contributed by atoms with Crippen LogP contribution < -0.4 is 10.6 Å². The summed E-state index contributed by atoms with van der Waals surface area (Å²) in [6.07, 6.45) is 6.53. The molecule has 0 radical (unpaired) electrons. The Morgan fingerprint density at radius 3 is 2.54 bits per heavy atom. The summed E-state index contributed by atoms with van der Waals surface area (Å²) in [4.78, 5) is 13.4. The van der Waals surface area contributed by atoms with Gasteiger partial charge in [0.25, 0.3) is 0 Å². The number of hydrogen-bond acceptors (Lipinski definition) is 4. The number of anilines is 1. The number of hydrogen-bond donors (Lipinski definition) is 1. The average molecular weight is 485 g/mol. The Morgan fingerprint density at radius 2 is 1.85 bits per heavy atom. The zero-order chi connectivity index (χ0) is 17.3. The number of aliphatic imine (C=N–C) groups is 1. The van der Waals surface area contributed by atoms with Gasteiger partial charge in [-0.1, -0.05) is 36.8 Å². The van der Waals surface area contributed by atoms with Crippen LogP contribution >= 0.6 is 35.3 Å².